The van der Waals surface area contributed by atoms with Gasteiger partial charge in [-0.2, -0.15) is 0 Å². The predicted molar refractivity (Wildman–Crippen MR) is 71.4 cm³/mol. The van der Waals surface area contributed by atoms with Crippen LogP contribution in [-0.4, -0.2) is 36.3 Å². The number of amides is 2. The molecule has 0 aliphatic carbocycles. The molecule has 0 radical (unpaired) electrons. The minimum atomic E-state index is -0.125. The number of rotatable bonds is 5. The highest BCUT2D eigenvalue weighted by Crippen LogP contribution is 2.07. The summed E-state index contributed by atoms with van der Waals surface area (Å²) in [6.07, 6.45) is 0. The van der Waals surface area contributed by atoms with E-state index < -0.39 is 0 Å². The molecule has 0 aliphatic rings. The van der Waals surface area contributed by atoms with Crippen molar-refractivity contribution in [3.05, 3.63) is 35.4 Å². The molecule has 0 aromatic heterocycles. The summed E-state index contributed by atoms with van der Waals surface area (Å²) in [5, 5.41) is 2.70. The average Bonchev–Trinajstić information content (AvgIpc) is 2.35. The molecule has 2 amide bonds. The number of likely N-dealkylation sites (N-methyl/N-ethyl adjacent to an activating group) is 2. The first-order chi connectivity index (χ1) is 8.58. The van der Waals surface area contributed by atoms with E-state index in [1.165, 1.54) is 0 Å². The van der Waals surface area contributed by atoms with Gasteiger partial charge in [0.05, 0.1) is 6.54 Å². The van der Waals surface area contributed by atoms with Crippen molar-refractivity contribution in [2.24, 2.45) is 0 Å². The fourth-order valence-corrected chi connectivity index (χ4v) is 1.71. The van der Waals surface area contributed by atoms with Crippen LogP contribution in [0, 0.1) is 6.92 Å². The second-order valence-electron chi connectivity index (χ2n) is 4.14. The van der Waals surface area contributed by atoms with Gasteiger partial charge >= 0.3 is 0 Å². The summed E-state index contributed by atoms with van der Waals surface area (Å²) < 4.78 is 0. The summed E-state index contributed by atoms with van der Waals surface area (Å²) in [7, 11) is 0. The SMILES string of the molecule is CCNC(=O)CN(CC)C(=O)c1cccc(C)c1. The van der Waals surface area contributed by atoms with Crippen LogP contribution in [0.1, 0.15) is 29.8 Å². The van der Waals surface area contributed by atoms with Crippen molar-refractivity contribution in [1.82, 2.24) is 10.2 Å². The molecule has 0 heterocycles. The van der Waals surface area contributed by atoms with Crippen LogP contribution in [0.5, 0.6) is 0 Å². The first-order valence-corrected chi connectivity index (χ1v) is 6.21. The molecule has 98 valence electrons. The molecule has 0 saturated carbocycles. The van der Waals surface area contributed by atoms with Gasteiger partial charge in [-0.1, -0.05) is 17.7 Å². The van der Waals surface area contributed by atoms with E-state index >= 15 is 0 Å². The fourth-order valence-electron chi connectivity index (χ4n) is 1.71. The van der Waals surface area contributed by atoms with Crippen molar-refractivity contribution in [3.63, 3.8) is 0 Å². The van der Waals surface area contributed by atoms with Gasteiger partial charge in [-0.15, -0.1) is 0 Å². The second kappa shape index (κ2) is 6.79. The summed E-state index contributed by atoms with van der Waals surface area (Å²) in [5.41, 5.74) is 1.66. The smallest absolute Gasteiger partial charge is 0.254 e. The molecule has 1 rings (SSSR count). The molecular formula is C14H20N2O2. The van der Waals surface area contributed by atoms with E-state index in [-0.39, 0.29) is 18.4 Å². The van der Waals surface area contributed by atoms with Crippen LogP contribution in [0.15, 0.2) is 24.3 Å². The molecule has 0 saturated heterocycles. The molecule has 0 aliphatic heterocycles. The summed E-state index contributed by atoms with van der Waals surface area (Å²) in [6, 6.07) is 7.40. The van der Waals surface area contributed by atoms with E-state index in [2.05, 4.69) is 5.32 Å². The third-order valence-electron chi connectivity index (χ3n) is 2.64. The number of benzene rings is 1. The lowest BCUT2D eigenvalue weighted by atomic mass is 10.1. The maximum absolute atomic E-state index is 12.2. The molecular weight excluding hydrogens is 228 g/mol. The van der Waals surface area contributed by atoms with Crippen LogP contribution in [0.3, 0.4) is 0 Å². The fraction of sp³-hybridized carbons (Fsp3) is 0.429. The van der Waals surface area contributed by atoms with Gasteiger partial charge in [-0.3, -0.25) is 9.59 Å². The van der Waals surface area contributed by atoms with Gasteiger partial charge in [0, 0.05) is 18.7 Å². The van der Waals surface area contributed by atoms with Crippen LogP contribution >= 0.6 is 0 Å². The lowest BCUT2D eigenvalue weighted by Gasteiger charge is -2.20. The highest BCUT2D eigenvalue weighted by Gasteiger charge is 2.16. The zero-order valence-electron chi connectivity index (χ0n) is 11.2. The number of carbonyl (C=O) groups is 2. The molecule has 0 atom stereocenters. The lowest BCUT2D eigenvalue weighted by Crippen LogP contribution is -2.40. The predicted octanol–water partition coefficient (Wildman–Crippen LogP) is 1.59. The molecule has 1 N–H and O–H groups in total. The van der Waals surface area contributed by atoms with Crippen molar-refractivity contribution in [2.45, 2.75) is 20.8 Å². The van der Waals surface area contributed by atoms with Gasteiger partial charge in [0.1, 0.15) is 0 Å². The molecule has 4 nitrogen and oxygen atoms in total. The Morgan fingerprint density at radius 3 is 2.56 bits per heavy atom. The monoisotopic (exact) mass is 248 g/mol. The number of hydrogen-bond donors (Lipinski definition) is 1. The number of nitrogens with one attached hydrogen (secondary N) is 1. The molecule has 0 bridgehead atoms. The van der Waals surface area contributed by atoms with Gasteiger partial charge in [-0.25, -0.2) is 0 Å². The van der Waals surface area contributed by atoms with Crippen LogP contribution in [-0.2, 0) is 4.79 Å². The standard InChI is InChI=1S/C14H20N2O2/c1-4-15-13(17)10-16(5-2)14(18)12-8-6-7-11(3)9-12/h6-9H,4-5,10H2,1-3H3,(H,15,17). The highest BCUT2D eigenvalue weighted by molar-refractivity contribution is 5.96. The topological polar surface area (TPSA) is 49.4 Å². The lowest BCUT2D eigenvalue weighted by molar-refractivity contribution is -0.121. The summed E-state index contributed by atoms with van der Waals surface area (Å²) >= 11 is 0. The van der Waals surface area contributed by atoms with Crippen LogP contribution in [0.25, 0.3) is 0 Å². The van der Waals surface area contributed by atoms with E-state index in [0.717, 1.165) is 5.56 Å². The molecule has 0 spiro atoms. The van der Waals surface area contributed by atoms with Crippen molar-refractivity contribution in [1.29, 1.82) is 0 Å². The van der Waals surface area contributed by atoms with Crippen molar-refractivity contribution < 1.29 is 9.59 Å². The summed E-state index contributed by atoms with van der Waals surface area (Å²) in [6.45, 7) is 6.87. The third kappa shape index (κ3) is 3.87. The van der Waals surface area contributed by atoms with E-state index in [0.29, 0.717) is 18.7 Å². The number of aryl methyl sites for hydroxylation is 1. The average molecular weight is 248 g/mol. The maximum Gasteiger partial charge on any atom is 0.254 e. The van der Waals surface area contributed by atoms with Crippen molar-refractivity contribution in [3.8, 4) is 0 Å². The molecule has 4 heteroatoms. The van der Waals surface area contributed by atoms with E-state index in [9.17, 15) is 9.59 Å². The minimum absolute atomic E-state index is 0.104. The van der Waals surface area contributed by atoms with E-state index in [4.69, 9.17) is 0 Å². The first kappa shape index (κ1) is 14.2. The quantitative estimate of drug-likeness (QED) is 0.860. The summed E-state index contributed by atoms with van der Waals surface area (Å²) in [4.78, 5) is 25.3. The Bertz CT molecular complexity index is 430. The van der Waals surface area contributed by atoms with Crippen LogP contribution < -0.4 is 5.32 Å². The molecule has 0 unspecified atom stereocenters. The Morgan fingerprint density at radius 2 is 2.00 bits per heavy atom. The Balaban J connectivity index is 2.76. The molecule has 18 heavy (non-hydrogen) atoms. The molecule has 1 aromatic carbocycles. The number of hydrogen-bond acceptors (Lipinski definition) is 2. The first-order valence-electron chi connectivity index (χ1n) is 6.21. The van der Waals surface area contributed by atoms with Gasteiger partial charge in [0.25, 0.3) is 5.91 Å². The second-order valence-corrected chi connectivity index (χ2v) is 4.14. The van der Waals surface area contributed by atoms with Gasteiger partial charge in [0.15, 0.2) is 0 Å². The van der Waals surface area contributed by atoms with Crippen molar-refractivity contribution >= 4 is 11.8 Å². The maximum atomic E-state index is 12.2. The van der Waals surface area contributed by atoms with Gasteiger partial charge in [0.2, 0.25) is 5.91 Å². The normalized spacial score (nSPS) is 9.94. The Labute approximate surface area is 108 Å². The molecule has 1 aromatic rings. The largest absolute Gasteiger partial charge is 0.355 e. The third-order valence-corrected chi connectivity index (χ3v) is 2.64. The number of nitrogens with zero attached hydrogens (tertiary/aromatic N) is 1. The van der Waals surface area contributed by atoms with Crippen LogP contribution in [0.2, 0.25) is 0 Å². The van der Waals surface area contributed by atoms with Gasteiger partial charge in [-0.05, 0) is 32.9 Å². The summed E-state index contributed by atoms with van der Waals surface area (Å²) in [5.74, 6) is -0.229. The van der Waals surface area contributed by atoms with E-state index in [1.54, 1.807) is 11.0 Å². The van der Waals surface area contributed by atoms with Crippen LogP contribution in [0.4, 0.5) is 0 Å². The Hall–Kier alpha value is -1.84. The zero-order chi connectivity index (χ0) is 13.5. The minimum Gasteiger partial charge on any atom is -0.355 e. The number of carbonyl (C=O) groups excluding carboxylic acids is 2. The Morgan fingerprint density at radius 1 is 1.28 bits per heavy atom. The van der Waals surface area contributed by atoms with Gasteiger partial charge < -0.3 is 10.2 Å². The Kier molecular flexibility index (Phi) is 5.36. The highest BCUT2D eigenvalue weighted by atomic mass is 16.2. The van der Waals surface area contributed by atoms with Crippen molar-refractivity contribution in [2.75, 3.05) is 19.6 Å². The molecule has 0 fully saturated rings. The van der Waals surface area contributed by atoms with E-state index in [1.807, 2.05) is 39.0 Å². The zero-order valence-corrected chi connectivity index (χ0v) is 11.2.